The minimum Gasteiger partial charge on any atom is -0.445 e. The highest BCUT2D eigenvalue weighted by molar-refractivity contribution is 5.67. The molecule has 5 aromatic rings. The lowest BCUT2D eigenvalue weighted by molar-refractivity contribution is -0.344. The molecule has 0 radical (unpaired) electrons. The van der Waals surface area contributed by atoms with Gasteiger partial charge < -0.3 is 62.5 Å². The maximum Gasteiger partial charge on any atom is 0.407 e. The number of carbonyl (C=O) groups excluding carboxylic acids is 1. The topological polar surface area (TPSA) is 151 Å². The van der Waals surface area contributed by atoms with E-state index >= 15 is 0 Å². The number of benzene rings is 5. The number of methoxy groups -OCH3 is 2. The van der Waals surface area contributed by atoms with Gasteiger partial charge >= 0.3 is 6.09 Å². The number of hydrogen-bond acceptors (Lipinski definition) is 13. The zero-order valence-corrected chi connectivity index (χ0v) is 39.0. The van der Waals surface area contributed by atoms with Crippen molar-refractivity contribution in [2.75, 3.05) is 27.4 Å². The Morgan fingerprint density at radius 1 is 0.609 bits per heavy atom. The predicted molar refractivity (Wildman–Crippen MR) is 254 cm³/mol. The molecule has 3 aliphatic rings. The van der Waals surface area contributed by atoms with Crippen molar-refractivity contribution >= 4 is 6.09 Å². The fourth-order valence-corrected chi connectivity index (χ4v) is 8.78. The van der Waals surface area contributed by atoms with Crippen LogP contribution in [0.25, 0.3) is 0 Å². The molecule has 2 N–H and O–H groups in total. The number of aliphatic hydroxyl groups excluding tert-OH is 1. The van der Waals surface area contributed by atoms with Gasteiger partial charge in [0.05, 0.1) is 45.2 Å². The lowest BCUT2D eigenvalue weighted by atomic mass is 9.93. The standard InChI is InChI=1S/C55H63NO13/c1-59-53-46(56-55(58)66-36-41-26-14-6-15-27-41)49(48-45(68-53)37-65-52(69-48)42-28-16-7-17-29-42)61-31-19-18-30-43(57)32-44-47(62-33-38-20-8-3-9-21-38)50(63-34-39-22-10-4-11-23-39)51(54(60-2)67-44)64-35-40-24-12-5-13-25-40/h3-29,43-54,57H,30-37H2,1-2H3,(H,56,58)/b19-18+/t43-,44-,45-,46-,47-,48-,49-,50+,51-,52-,53+,54+/m1/s1. The molecule has 366 valence electrons. The average Bonchev–Trinajstić information content (AvgIpc) is 3.40. The van der Waals surface area contributed by atoms with Gasteiger partial charge in [-0.15, -0.1) is 0 Å². The molecular weight excluding hydrogens is 883 g/mol. The van der Waals surface area contributed by atoms with Gasteiger partial charge in [-0.3, -0.25) is 0 Å². The summed E-state index contributed by atoms with van der Waals surface area (Å²) < 4.78 is 69.5. The molecule has 3 saturated heterocycles. The second kappa shape index (κ2) is 26.0. The number of alkyl carbamates (subject to hydrolysis) is 1. The van der Waals surface area contributed by atoms with Gasteiger partial charge in [-0.1, -0.05) is 164 Å². The molecule has 1 amide bonds. The van der Waals surface area contributed by atoms with Gasteiger partial charge in [0.25, 0.3) is 0 Å². The fraction of sp³-hybridized carbons (Fsp3) is 0.400. The third-order valence-electron chi connectivity index (χ3n) is 12.3. The molecule has 14 nitrogen and oxygen atoms in total. The number of hydrogen-bond donors (Lipinski definition) is 2. The predicted octanol–water partition coefficient (Wildman–Crippen LogP) is 7.98. The number of amides is 1. The first kappa shape index (κ1) is 50.1. The zero-order chi connectivity index (χ0) is 47.6. The first-order valence-corrected chi connectivity index (χ1v) is 23.5. The number of fused-ring (bicyclic) bond motifs is 1. The van der Waals surface area contributed by atoms with Crippen LogP contribution in [0.15, 0.2) is 164 Å². The second-order valence-electron chi connectivity index (χ2n) is 17.1. The summed E-state index contributed by atoms with van der Waals surface area (Å²) in [6.45, 7) is 1.27. The first-order valence-electron chi connectivity index (χ1n) is 23.5. The Bertz CT molecular complexity index is 2260. The van der Waals surface area contributed by atoms with E-state index in [0.29, 0.717) is 13.2 Å². The van der Waals surface area contributed by atoms with Gasteiger partial charge in [-0.25, -0.2) is 4.79 Å². The molecule has 3 heterocycles. The Labute approximate surface area is 404 Å². The molecule has 0 aliphatic carbocycles. The van der Waals surface area contributed by atoms with Crippen LogP contribution in [0.1, 0.15) is 46.9 Å². The summed E-state index contributed by atoms with van der Waals surface area (Å²) in [4.78, 5) is 13.3. The zero-order valence-electron chi connectivity index (χ0n) is 39.0. The van der Waals surface area contributed by atoms with Crippen LogP contribution in [0.2, 0.25) is 0 Å². The van der Waals surface area contributed by atoms with Crippen LogP contribution in [0.5, 0.6) is 0 Å². The van der Waals surface area contributed by atoms with Gasteiger partial charge in [0.2, 0.25) is 0 Å². The van der Waals surface area contributed by atoms with Crippen molar-refractivity contribution < 1.29 is 62.0 Å². The van der Waals surface area contributed by atoms with E-state index in [9.17, 15) is 9.90 Å². The van der Waals surface area contributed by atoms with E-state index < -0.39 is 79.8 Å². The normalized spacial score (nSPS) is 27.3. The number of nitrogens with one attached hydrogen (secondary N) is 1. The van der Waals surface area contributed by atoms with Crippen LogP contribution in [0, 0.1) is 0 Å². The molecule has 14 heteroatoms. The van der Waals surface area contributed by atoms with Gasteiger partial charge in [0.1, 0.15) is 49.3 Å². The van der Waals surface area contributed by atoms with Crippen molar-refractivity contribution in [2.45, 2.75) is 113 Å². The highest BCUT2D eigenvalue weighted by Crippen LogP contribution is 2.36. The van der Waals surface area contributed by atoms with Crippen molar-refractivity contribution in [1.82, 2.24) is 5.32 Å². The van der Waals surface area contributed by atoms with E-state index in [1.165, 1.54) is 7.11 Å². The van der Waals surface area contributed by atoms with Crippen molar-refractivity contribution in [3.8, 4) is 0 Å². The lowest BCUT2D eigenvalue weighted by Crippen LogP contribution is -2.67. The van der Waals surface area contributed by atoms with Crippen LogP contribution < -0.4 is 5.32 Å². The smallest absolute Gasteiger partial charge is 0.407 e. The third-order valence-corrected chi connectivity index (χ3v) is 12.3. The molecule has 3 aliphatic heterocycles. The molecule has 12 atom stereocenters. The Kier molecular flexibility index (Phi) is 18.9. The van der Waals surface area contributed by atoms with Crippen LogP contribution >= 0.6 is 0 Å². The Morgan fingerprint density at radius 2 is 1.13 bits per heavy atom. The summed E-state index contributed by atoms with van der Waals surface area (Å²) in [5.41, 5.74) is 4.63. The third kappa shape index (κ3) is 14.2. The minimum atomic E-state index is -0.904. The summed E-state index contributed by atoms with van der Waals surface area (Å²) in [6.07, 6.45) is -4.34. The van der Waals surface area contributed by atoms with E-state index in [-0.39, 0.29) is 39.3 Å². The Morgan fingerprint density at radius 3 is 1.70 bits per heavy atom. The highest BCUT2D eigenvalue weighted by atomic mass is 16.8. The fourth-order valence-electron chi connectivity index (χ4n) is 8.78. The number of carbonyl (C=O) groups is 1. The molecule has 0 aromatic heterocycles. The van der Waals surface area contributed by atoms with Gasteiger partial charge in [0.15, 0.2) is 18.9 Å². The van der Waals surface area contributed by atoms with Crippen LogP contribution in [0.3, 0.4) is 0 Å². The monoisotopic (exact) mass is 945 g/mol. The quantitative estimate of drug-likeness (QED) is 0.0647. The minimum absolute atomic E-state index is 0.0723. The maximum absolute atomic E-state index is 13.3. The summed E-state index contributed by atoms with van der Waals surface area (Å²) in [6, 6.07) is 47.9. The van der Waals surface area contributed by atoms with Crippen LogP contribution in [-0.4, -0.2) is 106 Å². The summed E-state index contributed by atoms with van der Waals surface area (Å²) in [7, 11) is 3.08. The molecule has 8 rings (SSSR count). The van der Waals surface area contributed by atoms with E-state index in [4.69, 9.17) is 52.1 Å². The number of rotatable bonds is 22. The molecular formula is C55H63NO13. The number of aliphatic hydroxyl groups is 1. The Hall–Kier alpha value is -5.33. The van der Waals surface area contributed by atoms with E-state index in [1.807, 2.05) is 164 Å². The van der Waals surface area contributed by atoms with E-state index in [1.54, 1.807) is 7.11 Å². The van der Waals surface area contributed by atoms with Crippen molar-refractivity contribution in [3.63, 3.8) is 0 Å². The van der Waals surface area contributed by atoms with Gasteiger partial charge in [-0.2, -0.15) is 0 Å². The van der Waals surface area contributed by atoms with Crippen LogP contribution in [0.4, 0.5) is 4.79 Å². The first-order chi connectivity index (χ1) is 33.9. The largest absolute Gasteiger partial charge is 0.445 e. The van der Waals surface area contributed by atoms with Crippen LogP contribution in [-0.2, 0) is 78.5 Å². The maximum atomic E-state index is 13.3. The Balaban J connectivity index is 0.959. The second-order valence-corrected chi connectivity index (χ2v) is 17.1. The summed E-state index contributed by atoms with van der Waals surface area (Å²) >= 11 is 0. The average molecular weight is 946 g/mol. The van der Waals surface area contributed by atoms with Crippen molar-refractivity contribution in [3.05, 3.63) is 192 Å². The summed E-state index contributed by atoms with van der Waals surface area (Å²) in [5, 5.41) is 14.6. The molecule has 0 spiro atoms. The lowest BCUT2D eigenvalue weighted by Gasteiger charge is -2.48. The van der Waals surface area contributed by atoms with E-state index in [0.717, 1.165) is 27.8 Å². The van der Waals surface area contributed by atoms with Gasteiger partial charge in [-0.05, 0) is 28.7 Å². The molecule has 0 unspecified atom stereocenters. The van der Waals surface area contributed by atoms with E-state index in [2.05, 4.69) is 5.32 Å². The SMILES string of the molecule is CO[C@H]1O[C@@H]2CO[C@@H](c3ccccc3)O[C@H]2[C@H](OC/C=C/C[C@@H](O)C[C@H]2O[C@H](OC)[C@H](OCc3ccccc3)[C@@H](OCc3ccccc3)[C@@H]2OCc2ccccc2)[C@H]1NC(=O)OCc1ccccc1. The summed E-state index contributed by atoms with van der Waals surface area (Å²) in [5.74, 6) is 0. The molecule has 3 fully saturated rings. The van der Waals surface area contributed by atoms with Gasteiger partial charge in [0, 0.05) is 26.2 Å². The molecule has 0 bridgehead atoms. The molecule has 5 aromatic carbocycles. The van der Waals surface area contributed by atoms with Crippen molar-refractivity contribution in [2.24, 2.45) is 0 Å². The number of ether oxygens (including phenoxy) is 11. The molecule has 69 heavy (non-hydrogen) atoms. The molecule has 0 saturated carbocycles. The highest BCUT2D eigenvalue weighted by Gasteiger charge is 2.52. The van der Waals surface area contributed by atoms with Crippen molar-refractivity contribution in [1.29, 1.82) is 0 Å².